The minimum absolute atomic E-state index is 0.643. The van der Waals surface area contributed by atoms with E-state index < -0.39 is 0 Å². The van der Waals surface area contributed by atoms with Gasteiger partial charge in [0.15, 0.2) is 5.82 Å². The van der Waals surface area contributed by atoms with Gasteiger partial charge in [0.05, 0.1) is 23.8 Å². The summed E-state index contributed by atoms with van der Waals surface area (Å²) >= 11 is 0. The first kappa shape index (κ1) is 12.7. The number of rotatable bonds is 5. The van der Waals surface area contributed by atoms with E-state index >= 15 is 0 Å². The monoisotopic (exact) mass is 245 g/mol. The van der Waals surface area contributed by atoms with Gasteiger partial charge in [0.1, 0.15) is 0 Å². The molecule has 0 atom stereocenters. The molecule has 0 spiro atoms. The van der Waals surface area contributed by atoms with Crippen LogP contribution in [0.4, 0.5) is 0 Å². The summed E-state index contributed by atoms with van der Waals surface area (Å²) in [6, 6.07) is 1.94. The van der Waals surface area contributed by atoms with Gasteiger partial charge < -0.3 is 5.32 Å². The Morgan fingerprint density at radius 3 is 2.67 bits per heavy atom. The normalized spacial score (nSPS) is 11.1. The van der Waals surface area contributed by atoms with Gasteiger partial charge in [0, 0.05) is 12.7 Å². The second kappa shape index (κ2) is 5.73. The molecule has 0 saturated heterocycles. The van der Waals surface area contributed by atoms with E-state index in [-0.39, 0.29) is 0 Å². The van der Waals surface area contributed by atoms with Gasteiger partial charge in [-0.3, -0.25) is 4.98 Å². The van der Waals surface area contributed by atoms with Crippen LogP contribution < -0.4 is 5.32 Å². The summed E-state index contributed by atoms with van der Waals surface area (Å²) in [5.41, 5.74) is 1.92. The summed E-state index contributed by atoms with van der Waals surface area (Å²) in [5.74, 6) is 1.39. The molecule has 5 nitrogen and oxygen atoms in total. The van der Waals surface area contributed by atoms with Crippen molar-refractivity contribution in [2.75, 3.05) is 6.54 Å². The highest BCUT2D eigenvalue weighted by atomic mass is 15.3. The van der Waals surface area contributed by atoms with Crippen LogP contribution in [-0.2, 0) is 6.54 Å². The largest absolute Gasteiger partial charge is 0.311 e. The van der Waals surface area contributed by atoms with Crippen molar-refractivity contribution in [3.05, 3.63) is 36.0 Å². The summed E-state index contributed by atoms with van der Waals surface area (Å²) in [4.78, 5) is 8.73. The van der Waals surface area contributed by atoms with Gasteiger partial charge in [-0.1, -0.05) is 13.8 Å². The highest BCUT2D eigenvalue weighted by Gasteiger charge is 2.01. The van der Waals surface area contributed by atoms with Gasteiger partial charge in [0.25, 0.3) is 0 Å². The summed E-state index contributed by atoms with van der Waals surface area (Å²) in [6.45, 7) is 8.06. The fourth-order valence-corrected chi connectivity index (χ4v) is 1.59. The molecule has 0 bridgehead atoms. The fraction of sp³-hybridized carbons (Fsp3) is 0.462. The van der Waals surface area contributed by atoms with Crippen molar-refractivity contribution in [3.63, 3.8) is 0 Å². The molecule has 2 aromatic rings. The lowest BCUT2D eigenvalue weighted by molar-refractivity contribution is 0.547. The van der Waals surface area contributed by atoms with Crippen molar-refractivity contribution in [3.8, 4) is 5.82 Å². The molecule has 0 amide bonds. The Hall–Kier alpha value is -1.75. The molecule has 0 aromatic carbocycles. The van der Waals surface area contributed by atoms with E-state index in [1.54, 1.807) is 17.1 Å². The molecule has 0 aliphatic carbocycles. The zero-order chi connectivity index (χ0) is 13.0. The molecule has 18 heavy (non-hydrogen) atoms. The maximum Gasteiger partial charge on any atom is 0.171 e. The molecule has 0 unspecified atom stereocenters. The van der Waals surface area contributed by atoms with Crippen molar-refractivity contribution in [2.45, 2.75) is 27.3 Å². The topological polar surface area (TPSA) is 55.6 Å². The van der Waals surface area contributed by atoms with Crippen LogP contribution in [0.5, 0.6) is 0 Å². The Morgan fingerprint density at radius 1 is 1.28 bits per heavy atom. The van der Waals surface area contributed by atoms with Gasteiger partial charge in [0.2, 0.25) is 0 Å². The first-order valence-electron chi connectivity index (χ1n) is 6.19. The molecule has 96 valence electrons. The molecule has 1 N–H and O–H groups in total. The third-order valence-electron chi connectivity index (χ3n) is 2.51. The predicted molar refractivity (Wildman–Crippen MR) is 70.4 cm³/mol. The van der Waals surface area contributed by atoms with Crippen molar-refractivity contribution in [1.82, 2.24) is 25.1 Å². The van der Waals surface area contributed by atoms with Crippen LogP contribution in [0.15, 0.2) is 24.7 Å². The van der Waals surface area contributed by atoms with Crippen LogP contribution >= 0.6 is 0 Å². The number of nitrogens with zero attached hydrogens (tertiary/aromatic N) is 4. The van der Waals surface area contributed by atoms with Gasteiger partial charge in [-0.25, -0.2) is 9.67 Å². The van der Waals surface area contributed by atoms with E-state index in [4.69, 9.17) is 0 Å². The molecule has 0 fully saturated rings. The fourth-order valence-electron chi connectivity index (χ4n) is 1.59. The van der Waals surface area contributed by atoms with Gasteiger partial charge in [-0.15, -0.1) is 0 Å². The smallest absolute Gasteiger partial charge is 0.171 e. The Kier molecular flexibility index (Phi) is 4.04. The predicted octanol–water partition coefficient (Wildman–Crippen LogP) is 1.72. The lowest BCUT2D eigenvalue weighted by Gasteiger charge is -2.07. The number of hydrogen-bond donors (Lipinski definition) is 1. The molecule has 0 aliphatic heterocycles. The van der Waals surface area contributed by atoms with E-state index in [0.29, 0.717) is 5.92 Å². The number of aryl methyl sites for hydroxylation is 1. The highest BCUT2D eigenvalue weighted by Crippen LogP contribution is 2.03. The molecular formula is C13H19N5. The molecule has 5 heteroatoms. The first-order valence-corrected chi connectivity index (χ1v) is 6.19. The van der Waals surface area contributed by atoms with Crippen molar-refractivity contribution in [2.24, 2.45) is 5.92 Å². The minimum Gasteiger partial charge on any atom is -0.311 e. The molecule has 0 aliphatic rings. The van der Waals surface area contributed by atoms with Crippen LogP contribution in [0, 0.1) is 12.8 Å². The first-order chi connectivity index (χ1) is 8.65. The van der Waals surface area contributed by atoms with Gasteiger partial charge in [-0.05, 0) is 25.5 Å². The maximum absolute atomic E-state index is 4.38. The Morgan fingerprint density at radius 2 is 2.11 bits per heavy atom. The van der Waals surface area contributed by atoms with E-state index in [9.17, 15) is 0 Å². The Balaban J connectivity index is 1.97. The average Bonchev–Trinajstić information content (AvgIpc) is 2.76. The summed E-state index contributed by atoms with van der Waals surface area (Å²) in [5, 5.41) is 7.63. The number of aromatic nitrogens is 4. The molecule has 0 saturated carbocycles. The molecular weight excluding hydrogens is 226 g/mol. The Bertz CT molecular complexity index is 486. The van der Waals surface area contributed by atoms with E-state index in [2.05, 4.69) is 34.2 Å². The quantitative estimate of drug-likeness (QED) is 0.871. The van der Waals surface area contributed by atoms with E-state index in [1.165, 1.54) is 0 Å². The standard InChI is InChI=1S/C13H19N5/c1-10(2)6-14-7-12-8-16-13(9-15-12)18-5-4-11(3)17-18/h4-5,8-10,14H,6-7H2,1-3H3. The van der Waals surface area contributed by atoms with Gasteiger partial charge >= 0.3 is 0 Å². The van der Waals surface area contributed by atoms with Crippen LogP contribution in [0.2, 0.25) is 0 Å². The van der Waals surface area contributed by atoms with Gasteiger partial charge in [-0.2, -0.15) is 5.10 Å². The average molecular weight is 245 g/mol. The molecule has 2 aromatic heterocycles. The lowest BCUT2D eigenvalue weighted by Crippen LogP contribution is -2.19. The van der Waals surface area contributed by atoms with Crippen LogP contribution in [0.25, 0.3) is 5.82 Å². The molecule has 2 heterocycles. The number of hydrogen-bond acceptors (Lipinski definition) is 4. The SMILES string of the molecule is Cc1ccn(-c2cnc(CNCC(C)C)cn2)n1. The van der Waals surface area contributed by atoms with Crippen LogP contribution in [0.3, 0.4) is 0 Å². The Labute approximate surface area is 107 Å². The third-order valence-corrected chi connectivity index (χ3v) is 2.51. The van der Waals surface area contributed by atoms with Crippen LogP contribution in [0.1, 0.15) is 25.2 Å². The lowest BCUT2D eigenvalue weighted by atomic mass is 10.2. The number of nitrogens with one attached hydrogen (secondary N) is 1. The maximum atomic E-state index is 4.38. The van der Waals surface area contributed by atoms with E-state index in [1.807, 2.05) is 19.2 Å². The zero-order valence-corrected chi connectivity index (χ0v) is 11.1. The second-order valence-electron chi connectivity index (χ2n) is 4.79. The second-order valence-corrected chi connectivity index (χ2v) is 4.79. The molecule has 0 radical (unpaired) electrons. The summed E-state index contributed by atoms with van der Waals surface area (Å²) in [6.07, 6.45) is 5.43. The van der Waals surface area contributed by atoms with Crippen molar-refractivity contribution >= 4 is 0 Å². The highest BCUT2D eigenvalue weighted by molar-refractivity contribution is 5.18. The van der Waals surface area contributed by atoms with Crippen LogP contribution in [-0.4, -0.2) is 26.3 Å². The zero-order valence-electron chi connectivity index (χ0n) is 11.1. The molecule has 2 rings (SSSR count). The minimum atomic E-state index is 0.643. The van der Waals surface area contributed by atoms with E-state index in [0.717, 1.165) is 30.3 Å². The van der Waals surface area contributed by atoms with Crippen molar-refractivity contribution < 1.29 is 0 Å². The third kappa shape index (κ3) is 3.37. The van der Waals surface area contributed by atoms with Crippen molar-refractivity contribution in [1.29, 1.82) is 0 Å². The summed E-state index contributed by atoms with van der Waals surface area (Å²) in [7, 11) is 0. The summed E-state index contributed by atoms with van der Waals surface area (Å²) < 4.78 is 1.73.